The van der Waals surface area contributed by atoms with Crippen molar-refractivity contribution in [2.75, 3.05) is 0 Å². The fraction of sp³-hybridized carbons (Fsp3) is 0.222. The van der Waals surface area contributed by atoms with Crippen LogP contribution in [0.25, 0.3) is 34.0 Å². The van der Waals surface area contributed by atoms with E-state index in [2.05, 4.69) is 15.5 Å². The number of phenols is 1. The summed E-state index contributed by atoms with van der Waals surface area (Å²) >= 11 is 0. The highest BCUT2D eigenvalue weighted by atomic mass is 19.4. The van der Waals surface area contributed by atoms with E-state index in [-0.39, 0.29) is 40.2 Å². The Balaban J connectivity index is 1.65. The normalized spacial score (nSPS) is 13.4. The predicted molar refractivity (Wildman–Crippen MR) is 131 cm³/mol. The summed E-state index contributed by atoms with van der Waals surface area (Å²) in [5.74, 6) is -1.33. The van der Waals surface area contributed by atoms with E-state index in [1.165, 1.54) is 31.2 Å². The summed E-state index contributed by atoms with van der Waals surface area (Å²) in [7, 11) is 0. The molecule has 0 fully saturated rings. The van der Waals surface area contributed by atoms with Crippen molar-refractivity contribution >= 4 is 5.97 Å². The van der Waals surface area contributed by atoms with Crippen molar-refractivity contribution in [3.63, 3.8) is 0 Å². The summed E-state index contributed by atoms with van der Waals surface area (Å²) in [5.41, 5.74) is 1.32. The molecule has 0 saturated heterocycles. The van der Waals surface area contributed by atoms with E-state index in [9.17, 15) is 23.1 Å². The lowest BCUT2D eigenvalue weighted by Crippen LogP contribution is -2.35. The standard InChI is InChI=1S/C27H24F3N3O4/c1-14-6-4-5-7-19(14)20-10-9-18(12-22(20)27(28,29)30)25-32-24(33-37-25)21-11-8-17(13-23(21)34)15(2)31-16(3)26(35)36/h4-13,15-16,31,34H,1-3H3,(H,35,36)/t15-,16-/m1/s1. The lowest BCUT2D eigenvalue weighted by molar-refractivity contribution is -0.139. The predicted octanol–water partition coefficient (Wildman–Crippen LogP) is 6.23. The van der Waals surface area contributed by atoms with Crippen LogP contribution in [-0.2, 0) is 11.0 Å². The van der Waals surface area contributed by atoms with Crippen molar-refractivity contribution in [1.82, 2.24) is 15.5 Å². The van der Waals surface area contributed by atoms with Gasteiger partial charge in [0.05, 0.1) is 11.1 Å². The molecule has 1 heterocycles. The molecule has 4 rings (SSSR count). The molecule has 0 bridgehead atoms. The number of phenolic OH excluding ortho intramolecular Hbond substituents is 1. The van der Waals surface area contributed by atoms with E-state index in [0.29, 0.717) is 16.7 Å². The van der Waals surface area contributed by atoms with E-state index < -0.39 is 23.8 Å². The van der Waals surface area contributed by atoms with Gasteiger partial charge in [-0.3, -0.25) is 10.1 Å². The van der Waals surface area contributed by atoms with Crippen LogP contribution in [-0.4, -0.2) is 32.4 Å². The first-order valence-electron chi connectivity index (χ1n) is 11.4. The second-order valence-electron chi connectivity index (χ2n) is 8.72. The Kier molecular flexibility index (Phi) is 7.04. The number of rotatable bonds is 7. The molecule has 1 aromatic heterocycles. The molecule has 0 aliphatic heterocycles. The van der Waals surface area contributed by atoms with Crippen molar-refractivity contribution in [3.8, 4) is 39.7 Å². The largest absolute Gasteiger partial charge is 0.507 e. The van der Waals surface area contributed by atoms with Gasteiger partial charge in [0.1, 0.15) is 11.8 Å². The zero-order valence-electron chi connectivity index (χ0n) is 20.2. The number of nitrogens with one attached hydrogen (secondary N) is 1. The summed E-state index contributed by atoms with van der Waals surface area (Å²) in [5, 5.41) is 26.3. The van der Waals surface area contributed by atoms with Gasteiger partial charge < -0.3 is 14.7 Å². The van der Waals surface area contributed by atoms with Gasteiger partial charge in [0.2, 0.25) is 5.82 Å². The van der Waals surface area contributed by atoms with Gasteiger partial charge in [0, 0.05) is 11.6 Å². The summed E-state index contributed by atoms with van der Waals surface area (Å²) in [4.78, 5) is 15.3. The first-order valence-corrected chi connectivity index (χ1v) is 11.4. The molecule has 7 nitrogen and oxygen atoms in total. The van der Waals surface area contributed by atoms with Crippen LogP contribution in [0.5, 0.6) is 5.75 Å². The lowest BCUT2D eigenvalue weighted by Gasteiger charge is -2.18. The fourth-order valence-electron chi connectivity index (χ4n) is 4.02. The molecule has 10 heteroatoms. The Bertz CT molecular complexity index is 1450. The first kappa shape index (κ1) is 25.9. The molecule has 37 heavy (non-hydrogen) atoms. The zero-order chi connectivity index (χ0) is 26.9. The average molecular weight is 512 g/mol. The van der Waals surface area contributed by atoms with Gasteiger partial charge in [-0.05, 0) is 67.3 Å². The van der Waals surface area contributed by atoms with Gasteiger partial charge in [0.15, 0.2) is 0 Å². The van der Waals surface area contributed by atoms with E-state index in [1.807, 2.05) is 0 Å². The molecule has 0 aliphatic carbocycles. The van der Waals surface area contributed by atoms with Crippen LogP contribution < -0.4 is 5.32 Å². The maximum Gasteiger partial charge on any atom is 0.417 e. The molecule has 2 atom stereocenters. The number of halogens is 3. The Morgan fingerprint density at radius 3 is 2.35 bits per heavy atom. The number of hydrogen-bond donors (Lipinski definition) is 3. The molecular formula is C27H24F3N3O4. The van der Waals surface area contributed by atoms with Gasteiger partial charge in [-0.15, -0.1) is 0 Å². The maximum absolute atomic E-state index is 14.0. The second-order valence-corrected chi connectivity index (χ2v) is 8.72. The Hall–Kier alpha value is -4.18. The highest BCUT2D eigenvalue weighted by Gasteiger charge is 2.35. The third-order valence-corrected chi connectivity index (χ3v) is 6.07. The van der Waals surface area contributed by atoms with E-state index >= 15 is 0 Å². The minimum absolute atomic E-state index is 0.00453. The topological polar surface area (TPSA) is 108 Å². The number of hydrogen-bond acceptors (Lipinski definition) is 6. The number of carboxylic acid groups (broad SMARTS) is 1. The highest BCUT2D eigenvalue weighted by Crippen LogP contribution is 2.40. The van der Waals surface area contributed by atoms with Crippen LogP contribution in [0.3, 0.4) is 0 Å². The molecule has 0 radical (unpaired) electrons. The van der Waals surface area contributed by atoms with Gasteiger partial charge in [-0.1, -0.05) is 41.6 Å². The molecule has 3 N–H and O–H groups in total. The van der Waals surface area contributed by atoms with Crippen molar-refractivity contribution in [3.05, 3.63) is 77.4 Å². The molecule has 0 spiro atoms. The van der Waals surface area contributed by atoms with Crippen molar-refractivity contribution in [2.24, 2.45) is 0 Å². The van der Waals surface area contributed by atoms with Crippen molar-refractivity contribution in [2.45, 2.75) is 39.0 Å². The third-order valence-electron chi connectivity index (χ3n) is 6.07. The first-order chi connectivity index (χ1) is 17.5. The number of carboxylic acids is 1. The van der Waals surface area contributed by atoms with Crippen LogP contribution in [0.2, 0.25) is 0 Å². The van der Waals surface area contributed by atoms with Gasteiger partial charge in [-0.2, -0.15) is 18.2 Å². The second kappa shape index (κ2) is 10.1. The average Bonchev–Trinajstić information content (AvgIpc) is 3.33. The minimum Gasteiger partial charge on any atom is -0.507 e. The number of carbonyl (C=O) groups is 1. The SMILES string of the molecule is Cc1ccccc1-c1ccc(-c2nc(-c3ccc([C@@H](C)N[C@H](C)C(=O)O)cc3O)no2)cc1C(F)(F)F. The van der Waals surface area contributed by atoms with E-state index in [1.54, 1.807) is 44.2 Å². The lowest BCUT2D eigenvalue weighted by atomic mass is 9.94. The van der Waals surface area contributed by atoms with Crippen LogP contribution in [0.1, 0.15) is 36.6 Å². The highest BCUT2D eigenvalue weighted by molar-refractivity contribution is 5.75. The molecule has 0 saturated carbocycles. The van der Waals surface area contributed by atoms with Crippen LogP contribution >= 0.6 is 0 Å². The van der Waals surface area contributed by atoms with Crippen molar-refractivity contribution in [1.29, 1.82) is 0 Å². The number of nitrogens with zero attached hydrogens (tertiary/aromatic N) is 2. The van der Waals surface area contributed by atoms with Crippen molar-refractivity contribution < 1.29 is 32.7 Å². The Morgan fingerprint density at radius 1 is 1.00 bits per heavy atom. The summed E-state index contributed by atoms with van der Waals surface area (Å²) in [6, 6.07) is 14.1. The fourth-order valence-corrected chi connectivity index (χ4v) is 4.02. The Morgan fingerprint density at radius 2 is 1.70 bits per heavy atom. The quantitative estimate of drug-likeness (QED) is 0.270. The molecule has 0 amide bonds. The number of aliphatic carboxylic acids is 1. The molecule has 4 aromatic rings. The molecule has 192 valence electrons. The monoisotopic (exact) mass is 511 g/mol. The number of benzene rings is 3. The zero-order valence-corrected chi connectivity index (χ0v) is 20.2. The Labute approximate surface area is 210 Å². The van der Waals surface area contributed by atoms with Crippen LogP contribution in [0.4, 0.5) is 13.2 Å². The summed E-state index contributed by atoms with van der Waals surface area (Å²) < 4.78 is 47.2. The summed E-state index contributed by atoms with van der Waals surface area (Å²) in [6.07, 6.45) is -4.62. The van der Waals surface area contributed by atoms with Gasteiger partial charge in [-0.25, -0.2) is 0 Å². The third kappa shape index (κ3) is 5.49. The van der Waals surface area contributed by atoms with E-state index in [4.69, 9.17) is 9.63 Å². The van der Waals surface area contributed by atoms with Crippen LogP contribution in [0, 0.1) is 6.92 Å². The van der Waals surface area contributed by atoms with Gasteiger partial charge >= 0.3 is 12.1 Å². The molecule has 3 aromatic carbocycles. The van der Waals surface area contributed by atoms with Gasteiger partial charge in [0.25, 0.3) is 5.89 Å². The van der Waals surface area contributed by atoms with E-state index in [0.717, 1.165) is 6.07 Å². The number of aryl methyl sites for hydroxylation is 1. The summed E-state index contributed by atoms with van der Waals surface area (Å²) in [6.45, 7) is 5.00. The number of aromatic hydroxyl groups is 1. The molecule has 0 unspecified atom stereocenters. The number of aromatic nitrogens is 2. The smallest absolute Gasteiger partial charge is 0.417 e. The molecular weight excluding hydrogens is 487 g/mol. The number of alkyl halides is 3. The minimum atomic E-state index is -4.62. The molecule has 0 aliphatic rings. The van der Waals surface area contributed by atoms with Crippen LogP contribution in [0.15, 0.2) is 65.2 Å². The maximum atomic E-state index is 14.0.